The van der Waals surface area contributed by atoms with Crippen molar-refractivity contribution in [1.82, 2.24) is 0 Å². The first-order valence-corrected chi connectivity index (χ1v) is 8.60. The average molecular weight is 395 g/mol. The molecule has 1 N–H and O–H groups in total. The van der Waals surface area contributed by atoms with Gasteiger partial charge in [0.1, 0.15) is 5.75 Å². The fourth-order valence-electron chi connectivity index (χ4n) is 2.16. The van der Waals surface area contributed by atoms with Gasteiger partial charge in [-0.1, -0.05) is 13.0 Å². The zero-order chi connectivity index (χ0) is 20.7. The van der Waals surface area contributed by atoms with E-state index in [1.54, 1.807) is 6.92 Å². The molecule has 0 spiro atoms. The number of anilines is 1. The number of alkyl halides is 3. The first-order chi connectivity index (χ1) is 13.2. The Morgan fingerprint density at radius 2 is 1.79 bits per heavy atom. The van der Waals surface area contributed by atoms with Crippen molar-refractivity contribution in [2.75, 3.05) is 11.9 Å². The maximum absolute atomic E-state index is 12.7. The average Bonchev–Trinajstić information content (AvgIpc) is 2.66. The van der Waals surface area contributed by atoms with E-state index >= 15 is 0 Å². The van der Waals surface area contributed by atoms with E-state index in [-0.39, 0.29) is 24.0 Å². The third kappa shape index (κ3) is 6.29. The molecule has 28 heavy (non-hydrogen) atoms. The lowest BCUT2D eigenvalue weighted by Crippen LogP contribution is -2.20. The highest BCUT2D eigenvalue weighted by Gasteiger charge is 2.30. The summed E-state index contributed by atoms with van der Waals surface area (Å²) >= 11 is 0. The molecule has 150 valence electrons. The quantitative estimate of drug-likeness (QED) is 0.692. The van der Waals surface area contributed by atoms with Crippen LogP contribution in [0.3, 0.4) is 0 Å². The molecule has 0 aliphatic heterocycles. The highest BCUT2D eigenvalue weighted by atomic mass is 19.4. The molecule has 8 heteroatoms. The molecule has 2 rings (SSSR count). The molecular weight excluding hydrogens is 375 g/mol. The van der Waals surface area contributed by atoms with Crippen LogP contribution in [0.4, 0.5) is 18.9 Å². The number of carbonyl (C=O) groups excluding carboxylic acids is 2. The van der Waals surface area contributed by atoms with Gasteiger partial charge in [-0.2, -0.15) is 13.2 Å². The molecule has 0 bridgehead atoms. The van der Waals surface area contributed by atoms with Crippen LogP contribution in [0, 0.1) is 0 Å². The summed E-state index contributed by atoms with van der Waals surface area (Å²) in [6, 6.07) is 10.2. The van der Waals surface area contributed by atoms with Crippen molar-refractivity contribution in [2.24, 2.45) is 0 Å². The Kier molecular flexibility index (Phi) is 7.03. The number of halogens is 3. The minimum atomic E-state index is -4.49. The van der Waals surface area contributed by atoms with Gasteiger partial charge in [-0.25, -0.2) is 4.79 Å². The van der Waals surface area contributed by atoms with Crippen LogP contribution in [0.1, 0.15) is 36.2 Å². The van der Waals surface area contributed by atoms with Gasteiger partial charge in [0.05, 0.1) is 11.7 Å². The summed E-state index contributed by atoms with van der Waals surface area (Å²) in [6.07, 6.45) is -3.99. The first kappa shape index (κ1) is 21.3. The van der Waals surface area contributed by atoms with Crippen molar-refractivity contribution in [1.29, 1.82) is 0 Å². The van der Waals surface area contributed by atoms with Crippen LogP contribution in [0.2, 0.25) is 0 Å². The maximum Gasteiger partial charge on any atom is 0.416 e. The molecule has 1 amide bonds. The van der Waals surface area contributed by atoms with Crippen molar-refractivity contribution in [3.8, 4) is 5.75 Å². The van der Waals surface area contributed by atoms with E-state index in [1.807, 2.05) is 6.92 Å². The van der Waals surface area contributed by atoms with Crippen molar-refractivity contribution in [3.05, 3.63) is 59.7 Å². The fourth-order valence-corrected chi connectivity index (χ4v) is 2.16. The largest absolute Gasteiger partial charge is 0.482 e. The SMILES string of the molecule is CC[C@@H](C)OC(=O)COc1ccc(C(=O)Nc2cccc(C(F)(F)F)c2)cc1. The summed E-state index contributed by atoms with van der Waals surface area (Å²) in [4.78, 5) is 23.8. The number of benzene rings is 2. The van der Waals surface area contributed by atoms with Gasteiger partial charge in [-0.15, -0.1) is 0 Å². The molecule has 5 nitrogen and oxygen atoms in total. The number of carbonyl (C=O) groups is 2. The van der Waals surface area contributed by atoms with Gasteiger partial charge < -0.3 is 14.8 Å². The van der Waals surface area contributed by atoms with Crippen LogP contribution in [0.5, 0.6) is 5.75 Å². The predicted molar refractivity (Wildman–Crippen MR) is 97.2 cm³/mol. The Labute approximate surface area is 160 Å². The molecule has 0 unspecified atom stereocenters. The molecule has 0 aromatic heterocycles. The highest BCUT2D eigenvalue weighted by molar-refractivity contribution is 6.04. The smallest absolute Gasteiger partial charge is 0.416 e. The van der Waals surface area contributed by atoms with Crippen LogP contribution in [-0.4, -0.2) is 24.6 Å². The molecule has 0 aliphatic carbocycles. The predicted octanol–water partition coefficient (Wildman–Crippen LogP) is 4.68. The number of ether oxygens (including phenoxy) is 2. The molecule has 2 aromatic carbocycles. The van der Waals surface area contributed by atoms with E-state index in [1.165, 1.54) is 36.4 Å². The van der Waals surface area contributed by atoms with Gasteiger partial charge >= 0.3 is 12.1 Å². The van der Waals surface area contributed by atoms with Crippen molar-refractivity contribution in [3.63, 3.8) is 0 Å². The van der Waals surface area contributed by atoms with E-state index in [4.69, 9.17) is 9.47 Å². The highest BCUT2D eigenvalue weighted by Crippen LogP contribution is 2.30. The zero-order valence-corrected chi connectivity index (χ0v) is 15.4. The molecular formula is C20H20F3NO4. The summed E-state index contributed by atoms with van der Waals surface area (Å²) in [6.45, 7) is 3.40. The summed E-state index contributed by atoms with van der Waals surface area (Å²) < 4.78 is 48.6. The Balaban J connectivity index is 1.94. The lowest BCUT2D eigenvalue weighted by molar-refractivity contribution is -0.150. The molecule has 0 fully saturated rings. The van der Waals surface area contributed by atoms with Crippen molar-refractivity contribution < 1.29 is 32.2 Å². The van der Waals surface area contributed by atoms with Crippen molar-refractivity contribution in [2.45, 2.75) is 32.5 Å². The van der Waals surface area contributed by atoms with Crippen LogP contribution < -0.4 is 10.1 Å². The van der Waals surface area contributed by atoms with Gasteiger partial charge in [-0.05, 0) is 55.8 Å². The Hall–Kier alpha value is -3.03. The topological polar surface area (TPSA) is 64.6 Å². The maximum atomic E-state index is 12.7. The third-order valence-electron chi connectivity index (χ3n) is 3.83. The monoisotopic (exact) mass is 395 g/mol. The van der Waals surface area contributed by atoms with E-state index in [9.17, 15) is 22.8 Å². The number of rotatable bonds is 7. The Morgan fingerprint density at radius 3 is 2.39 bits per heavy atom. The minimum absolute atomic E-state index is 0.0351. The summed E-state index contributed by atoms with van der Waals surface area (Å²) in [5.74, 6) is -0.709. The van der Waals surface area contributed by atoms with Gasteiger partial charge in [-0.3, -0.25) is 4.79 Å². The Bertz CT molecular complexity index is 819. The molecule has 0 aliphatic rings. The minimum Gasteiger partial charge on any atom is -0.482 e. The van der Waals surface area contributed by atoms with Crippen molar-refractivity contribution >= 4 is 17.6 Å². The van der Waals surface area contributed by atoms with Gasteiger partial charge in [0.2, 0.25) is 0 Å². The summed E-state index contributed by atoms with van der Waals surface area (Å²) in [7, 11) is 0. The van der Waals surface area contributed by atoms with Crippen LogP contribution >= 0.6 is 0 Å². The van der Waals surface area contributed by atoms with E-state index in [0.29, 0.717) is 12.2 Å². The number of esters is 1. The second kappa shape index (κ2) is 9.25. The van der Waals surface area contributed by atoms with Crippen LogP contribution in [0.25, 0.3) is 0 Å². The lowest BCUT2D eigenvalue weighted by Gasteiger charge is -2.12. The second-order valence-corrected chi connectivity index (χ2v) is 6.05. The van der Waals surface area contributed by atoms with E-state index < -0.39 is 23.6 Å². The number of hydrogen-bond acceptors (Lipinski definition) is 4. The molecule has 2 aromatic rings. The summed E-state index contributed by atoms with van der Waals surface area (Å²) in [5, 5.41) is 2.41. The van der Waals surface area contributed by atoms with Crippen LogP contribution in [-0.2, 0) is 15.7 Å². The summed E-state index contributed by atoms with van der Waals surface area (Å²) in [5.41, 5.74) is -0.585. The van der Waals surface area contributed by atoms with E-state index in [2.05, 4.69) is 5.32 Å². The Morgan fingerprint density at radius 1 is 1.11 bits per heavy atom. The molecule has 0 radical (unpaired) electrons. The first-order valence-electron chi connectivity index (χ1n) is 8.60. The molecule has 0 heterocycles. The van der Waals surface area contributed by atoms with Gasteiger partial charge in [0, 0.05) is 11.3 Å². The standard InChI is InChI=1S/C20H20F3NO4/c1-3-13(2)28-18(25)12-27-17-9-7-14(8-10-17)19(26)24-16-6-4-5-15(11-16)20(21,22)23/h4-11,13H,3,12H2,1-2H3,(H,24,26)/t13-/m1/s1. The second-order valence-electron chi connectivity index (χ2n) is 6.05. The number of nitrogens with one attached hydrogen (secondary N) is 1. The van der Waals surface area contributed by atoms with Gasteiger partial charge in [0.15, 0.2) is 6.61 Å². The third-order valence-corrected chi connectivity index (χ3v) is 3.83. The fraction of sp³-hybridized carbons (Fsp3) is 0.300. The van der Waals surface area contributed by atoms with Crippen LogP contribution in [0.15, 0.2) is 48.5 Å². The normalized spacial score (nSPS) is 12.2. The lowest BCUT2D eigenvalue weighted by atomic mass is 10.1. The van der Waals surface area contributed by atoms with E-state index in [0.717, 1.165) is 12.1 Å². The van der Waals surface area contributed by atoms with Gasteiger partial charge in [0.25, 0.3) is 5.91 Å². The molecule has 0 saturated carbocycles. The zero-order valence-electron chi connectivity index (χ0n) is 15.4. The number of amides is 1. The number of hydrogen-bond donors (Lipinski definition) is 1. The molecule has 1 atom stereocenters. The molecule has 0 saturated heterocycles.